The Balaban J connectivity index is 3.60. The van der Waals surface area contributed by atoms with E-state index in [0.29, 0.717) is 12.2 Å². The Morgan fingerprint density at radius 3 is 2.19 bits per heavy atom. The number of unbranched alkanes of at least 4 members (excludes halogenated alkanes) is 2. The number of carbonyl (C=O) groups is 4. The fourth-order valence-corrected chi connectivity index (χ4v) is 4.13. The summed E-state index contributed by atoms with van der Waals surface area (Å²) in [7, 11) is 0. The van der Waals surface area contributed by atoms with Gasteiger partial charge in [-0.1, -0.05) is 58.4 Å². The number of nitrogens with zero attached hydrogens (tertiary/aromatic N) is 1. The fraction of sp³-hybridized carbons (Fsp3) is 0.571. The number of ketones is 2. The lowest BCUT2D eigenvalue weighted by atomic mass is 9.81. The molecular formula is C28H44N4O5. The van der Waals surface area contributed by atoms with Gasteiger partial charge in [-0.3, -0.25) is 19.2 Å². The van der Waals surface area contributed by atoms with Gasteiger partial charge in [0, 0.05) is 17.8 Å². The molecule has 0 fully saturated rings. The predicted molar refractivity (Wildman–Crippen MR) is 146 cm³/mol. The summed E-state index contributed by atoms with van der Waals surface area (Å²) in [5.41, 5.74) is 4.97. The Bertz CT molecular complexity index is 932. The number of nitrogens with one attached hydrogen (secondary N) is 2. The van der Waals surface area contributed by atoms with Gasteiger partial charge >= 0.3 is 0 Å². The van der Waals surface area contributed by atoms with Crippen LogP contribution in [0.1, 0.15) is 60.3 Å². The minimum absolute atomic E-state index is 0.0839. The molecule has 1 rings (SSSR count). The molecule has 0 saturated heterocycles. The molecule has 3 atom stereocenters. The van der Waals surface area contributed by atoms with Crippen LogP contribution in [0.3, 0.4) is 0 Å². The Morgan fingerprint density at radius 2 is 1.68 bits per heavy atom. The van der Waals surface area contributed by atoms with Crippen molar-refractivity contribution in [2.24, 2.45) is 11.7 Å². The highest BCUT2D eigenvalue weighted by atomic mass is 16.3. The van der Waals surface area contributed by atoms with Crippen molar-refractivity contribution in [1.29, 1.82) is 0 Å². The third kappa shape index (κ3) is 9.09. The van der Waals surface area contributed by atoms with Crippen molar-refractivity contribution in [3.63, 3.8) is 0 Å². The van der Waals surface area contributed by atoms with Crippen LogP contribution in [0, 0.1) is 5.92 Å². The van der Waals surface area contributed by atoms with Crippen molar-refractivity contribution in [2.75, 3.05) is 24.5 Å². The molecule has 0 radical (unpaired) electrons. The van der Waals surface area contributed by atoms with Crippen LogP contribution in [0.15, 0.2) is 42.5 Å². The number of anilines is 1. The second-order valence-corrected chi connectivity index (χ2v) is 9.95. The lowest BCUT2D eigenvalue weighted by molar-refractivity contribution is -0.138. The molecule has 9 nitrogen and oxygen atoms in total. The van der Waals surface area contributed by atoms with Gasteiger partial charge in [0.1, 0.15) is 0 Å². The Morgan fingerprint density at radius 1 is 1.05 bits per heavy atom. The normalized spacial score (nSPS) is 14.3. The molecule has 37 heavy (non-hydrogen) atoms. The van der Waals surface area contributed by atoms with Gasteiger partial charge in [-0.05, 0) is 44.7 Å². The van der Waals surface area contributed by atoms with E-state index in [9.17, 15) is 24.3 Å². The molecule has 2 unspecified atom stereocenters. The largest absolute Gasteiger partial charge is 0.391 e. The lowest BCUT2D eigenvalue weighted by Gasteiger charge is -2.44. The zero-order valence-corrected chi connectivity index (χ0v) is 22.9. The Labute approximate surface area is 220 Å². The molecule has 0 aromatic heterocycles. The van der Waals surface area contributed by atoms with Crippen LogP contribution in [-0.4, -0.2) is 65.8 Å². The molecule has 9 heteroatoms. The van der Waals surface area contributed by atoms with Crippen LogP contribution in [0.4, 0.5) is 5.69 Å². The number of benzene rings is 1. The first-order chi connectivity index (χ1) is 17.4. The maximum atomic E-state index is 14.0. The molecule has 0 aliphatic carbocycles. The minimum atomic E-state index is -1.71. The summed E-state index contributed by atoms with van der Waals surface area (Å²) >= 11 is 0. The number of para-hydroxylation sites is 1. The highest BCUT2D eigenvalue weighted by molar-refractivity contribution is 6.15. The number of hydrogen-bond donors (Lipinski definition) is 4. The van der Waals surface area contributed by atoms with Gasteiger partial charge in [0.05, 0.1) is 25.2 Å². The van der Waals surface area contributed by atoms with Crippen molar-refractivity contribution in [2.45, 2.75) is 78.0 Å². The number of hydrogen-bond acceptors (Lipinski definition) is 7. The Hall–Kier alpha value is -3.04. The van der Waals surface area contributed by atoms with Crippen molar-refractivity contribution in [1.82, 2.24) is 10.6 Å². The molecule has 0 bridgehead atoms. The van der Waals surface area contributed by atoms with E-state index in [0.717, 1.165) is 19.3 Å². The highest BCUT2D eigenvalue weighted by Crippen LogP contribution is 2.32. The summed E-state index contributed by atoms with van der Waals surface area (Å²) in [5.74, 6) is -2.27. The summed E-state index contributed by atoms with van der Waals surface area (Å²) in [5, 5.41) is 14.9. The first-order valence-electron chi connectivity index (χ1n) is 12.9. The summed E-state index contributed by atoms with van der Waals surface area (Å²) in [6.07, 6.45) is 1.64. The Kier molecular flexibility index (Phi) is 13.2. The molecule has 1 aromatic rings. The number of nitrogens with two attached hydrogens (primary N) is 1. The van der Waals surface area contributed by atoms with Gasteiger partial charge in [-0.15, -0.1) is 0 Å². The summed E-state index contributed by atoms with van der Waals surface area (Å²) in [6.45, 7) is 12.0. The maximum Gasteiger partial charge on any atom is 0.254 e. The molecule has 2 amide bonds. The quantitative estimate of drug-likeness (QED) is 0.141. The molecule has 1 aromatic carbocycles. The van der Waals surface area contributed by atoms with Crippen LogP contribution < -0.4 is 21.3 Å². The van der Waals surface area contributed by atoms with E-state index in [1.165, 1.54) is 13.8 Å². The number of amides is 2. The smallest absolute Gasteiger partial charge is 0.254 e. The zero-order valence-electron chi connectivity index (χ0n) is 22.9. The van der Waals surface area contributed by atoms with Crippen LogP contribution in [-0.2, 0) is 19.2 Å². The van der Waals surface area contributed by atoms with E-state index in [1.54, 1.807) is 4.90 Å². The summed E-state index contributed by atoms with van der Waals surface area (Å²) in [4.78, 5) is 54.5. The van der Waals surface area contributed by atoms with Gasteiger partial charge in [-0.2, -0.15) is 0 Å². The fourth-order valence-electron chi connectivity index (χ4n) is 4.13. The van der Waals surface area contributed by atoms with Crippen molar-refractivity contribution >= 4 is 29.1 Å². The van der Waals surface area contributed by atoms with Crippen LogP contribution in [0.25, 0.3) is 0 Å². The number of aliphatic hydroxyl groups excluding tert-OH is 1. The SMILES string of the molecule is C=C(C)C(=O)NCC(=O)[C@](CC(C)C)(C(=O)NCC(=O)C(N)C(C)O)N(CCCCC)c1ccccc1. The molecule has 5 N–H and O–H groups in total. The van der Waals surface area contributed by atoms with E-state index in [1.807, 2.05) is 44.2 Å². The molecule has 206 valence electrons. The lowest BCUT2D eigenvalue weighted by Crippen LogP contribution is -2.67. The number of carbonyl (C=O) groups excluding carboxylic acids is 4. The molecule has 0 heterocycles. The summed E-state index contributed by atoms with van der Waals surface area (Å²) in [6, 6.07) is 8.02. The van der Waals surface area contributed by atoms with E-state index in [2.05, 4.69) is 24.1 Å². The second-order valence-electron chi connectivity index (χ2n) is 9.95. The van der Waals surface area contributed by atoms with Gasteiger partial charge < -0.3 is 26.4 Å². The minimum Gasteiger partial charge on any atom is -0.391 e. The van der Waals surface area contributed by atoms with Crippen LogP contribution in [0.2, 0.25) is 0 Å². The van der Waals surface area contributed by atoms with Gasteiger partial charge in [0.15, 0.2) is 17.1 Å². The highest BCUT2D eigenvalue weighted by Gasteiger charge is 2.50. The first kappa shape index (κ1) is 32.0. The van der Waals surface area contributed by atoms with Gasteiger partial charge in [0.2, 0.25) is 5.91 Å². The van der Waals surface area contributed by atoms with E-state index >= 15 is 0 Å². The van der Waals surface area contributed by atoms with Gasteiger partial charge in [0.25, 0.3) is 5.91 Å². The predicted octanol–water partition coefficient (Wildman–Crippen LogP) is 2.12. The molecular weight excluding hydrogens is 472 g/mol. The van der Waals surface area contributed by atoms with E-state index in [4.69, 9.17) is 5.73 Å². The van der Waals surface area contributed by atoms with Crippen molar-refractivity contribution in [3.05, 3.63) is 42.5 Å². The number of Topliss-reactive ketones (excluding diaryl/α,β-unsaturated/α-hetero) is 2. The third-order valence-electron chi connectivity index (χ3n) is 6.17. The average molecular weight is 517 g/mol. The standard InChI is InChI=1S/C28H44N4O5/c1-7-8-12-15-32(22-13-10-9-11-14-22)28(16-19(2)3,24(35)18-30-26(36)20(4)5)27(37)31-17-23(34)25(29)21(6)33/h9-11,13-14,19,21,25,33H,4,7-8,12,15-18,29H2,1-3,5-6H3,(H,30,36)(H,31,37)/t21?,25?,28-/m1/s1. The molecule has 0 saturated carbocycles. The average Bonchev–Trinajstić information content (AvgIpc) is 2.86. The molecule has 0 spiro atoms. The maximum absolute atomic E-state index is 14.0. The van der Waals surface area contributed by atoms with Crippen molar-refractivity contribution in [3.8, 4) is 0 Å². The van der Waals surface area contributed by atoms with E-state index < -0.39 is 47.6 Å². The van der Waals surface area contributed by atoms with Crippen molar-refractivity contribution < 1.29 is 24.3 Å². The molecule has 0 aliphatic heterocycles. The zero-order chi connectivity index (χ0) is 28.2. The third-order valence-corrected chi connectivity index (χ3v) is 6.17. The number of rotatable bonds is 17. The monoisotopic (exact) mass is 516 g/mol. The van der Waals surface area contributed by atoms with E-state index in [-0.39, 0.29) is 24.5 Å². The van der Waals surface area contributed by atoms with Crippen LogP contribution >= 0.6 is 0 Å². The topological polar surface area (TPSA) is 142 Å². The van der Waals surface area contributed by atoms with Crippen LogP contribution in [0.5, 0.6) is 0 Å². The number of aliphatic hydroxyl groups is 1. The molecule has 0 aliphatic rings. The first-order valence-corrected chi connectivity index (χ1v) is 12.9. The second kappa shape index (κ2) is 15.3. The summed E-state index contributed by atoms with van der Waals surface area (Å²) < 4.78 is 0. The van der Waals surface area contributed by atoms with Gasteiger partial charge in [-0.25, -0.2) is 0 Å².